The number of aromatic nitrogens is 2. The average molecular weight is 307 g/mol. The maximum atomic E-state index is 12.2. The van der Waals surface area contributed by atoms with Crippen LogP contribution >= 0.6 is 0 Å². The highest BCUT2D eigenvalue weighted by Gasteiger charge is 2.26. The topological polar surface area (TPSA) is 70.6 Å². The highest BCUT2D eigenvalue weighted by atomic mass is 16.5. The van der Waals surface area contributed by atoms with Crippen molar-refractivity contribution >= 4 is 11.7 Å². The lowest BCUT2D eigenvalue weighted by Gasteiger charge is -2.32. The Balaban J connectivity index is 1.89. The number of methoxy groups -OCH3 is 1. The molecule has 0 aromatic carbocycles. The van der Waals surface area contributed by atoms with E-state index in [1.54, 1.807) is 13.2 Å². The third-order valence-corrected chi connectivity index (χ3v) is 3.81. The number of anilines is 1. The predicted molar refractivity (Wildman–Crippen MR) is 85.1 cm³/mol. The Kier molecular flexibility index (Phi) is 5.94. The van der Waals surface area contributed by atoms with Crippen LogP contribution in [0.2, 0.25) is 0 Å². The fourth-order valence-electron chi connectivity index (χ4n) is 2.54. The van der Waals surface area contributed by atoms with E-state index in [0.29, 0.717) is 19.0 Å². The monoisotopic (exact) mass is 307 g/mol. The molecular weight excluding hydrogens is 282 g/mol. The van der Waals surface area contributed by atoms with Gasteiger partial charge in [-0.25, -0.2) is 0 Å². The minimum atomic E-state index is 0.0137. The number of hydrogen-bond donors (Lipinski definition) is 1. The molecule has 1 fully saturated rings. The second kappa shape index (κ2) is 7.93. The molecule has 122 valence electrons. The summed E-state index contributed by atoms with van der Waals surface area (Å²) in [6.07, 6.45) is 1.91. The van der Waals surface area contributed by atoms with Crippen LogP contribution in [-0.4, -0.2) is 68.4 Å². The van der Waals surface area contributed by atoms with Gasteiger partial charge in [0.1, 0.15) is 0 Å². The van der Waals surface area contributed by atoms with Crippen molar-refractivity contribution in [2.24, 2.45) is 5.92 Å². The van der Waals surface area contributed by atoms with Crippen LogP contribution in [0.1, 0.15) is 12.8 Å². The summed E-state index contributed by atoms with van der Waals surface area (Å²) in [6, 6.07) is 3.68. The zero-order valence-corrected chi connectivity index (χ0v) is 13.6. The quantitative estimate of drug-likeness (QED) is 0.819. The SMILES string of the molecule is COc1ccc(N2CCC[C@H](C(=O)NCCN(C)C)C2)nn1. The van der Waals surface area contributed by atoms with Crippen molar-refractivity contribution in [2.45, 2.75) is 12.8 Å². The molecule has 1 saturated heterocycles. The van der Waals surface area contributed by atoms with Crippen LogP contribution in [-0.2, 0) is 4.79 Å². The fraction of sp³-hybridized carbons (Fsp3) is 0.667. The third kappa shape index (κ3) is 4.56. The first-order valence-corrected chi connectivity index (χ1v) is 7.65. The Morgan fingerprint density at radius 3 is 2.91 bits per heavy atom. The molecule has 1 amide bonds. The molecule has 0 saturated carbocycles. The summed E-state index contributed by atoms with van der Waals surface area (Å²) in [5.74, 6) is 1.44. The maximum Gasteiger partial charge on any atom is 0.233 e. The molecule has 22 heavy (non-hydrogen) atoms. The number of rotatable bonds is 6. The minimum Gasteiger partial charge on any atom is -0.480 e. The van der Waals surface area contributed by atoms with E-state index in [4.69, 9.17) is 4.74 Å². The summed E-state index contributed by atoms with van der Waals surface area (Å²) in [4.78, 5) is 16.4. The summed E-state index contributed by atoms with van der Waals surface area (Å²) in [5.41, 5.74) is 0. The number of nitrogens with one attached hydrogen (secondary N) is 1. The normalized spacial score (nSPS) is 18.4. The molecule has 7 heteroatoms. The van der Waals surface area contributed by atoms with E-state index < -0.39 is 0 Å². The molecule has 7 nitrogen and oxygen atoms in total. The van der Waals surface area contributed by atoms with Gasteiger partial charge in [0.15, 0.2) is 5.82 Å². The second-order valence-corrected chi connectivity index (χ2v) is 5.81. The Hall–Kier alpha value is -1.89. The zero-order chi connectivity index (χ0) is 15.9. The maximum absolute atomic E-state index is 12.2. The van der Waals surface area contributed by atoms with Gasteiger partial charge in [-0.05, 0) is 33.0 Å². The van der Waals surface area contributed by atoms with E-state index in [-0.39, 0.29) is 11.8 Å². The minimum absolute atomic E-state index is 0.0137. The fourth-order valence-corrected chi connectivity index (χ4v) is 2.54. The first kappa shape index (κ1) is 16.5. The molecule has 1 aliphatic rings. The number of piperidine rings is 1. The molecule has 1 N–H and O–H groups in total. The summed E-state index contributed by atoms with van der Waals surface area (Å²) >= 11 is 0. The summed E-state index contributed by atoms with van der Waals surface area (Å²) in [5, 5.41) is 11.2. The number of carbonyl (C=O) groups is 1. The summed E-state index contributed by atoms with van der Waals surface area (Å²) in [6.45, 7) is 3.13. The lowest BCUT2D eigenvalue weighted by atomic mass is 9.97. The van der Waals surface area contributed by atoms with Gasteiger partial charge in [0, 0.05) is 32.2 Å². The molecule has 1 aromatic heterocycles. The lowest BCUT2D eigenvalue weighted by molar-refractivity contribution is -0.125. The van der Waals surface area contributed by atoms with Crippen LogP contribution in [0.5, 0.6) is 5.88 Å². The Morgan fingerprint density at radius 1 is 1.45 bits per heavy atom. The molecular formula is C15H25N5O2. The van der Waals surface area contributed by atoms with Gasteiger partial charge in [-0.2, -0.15) is 0 Å². The number of nitrogens with zero attached hydrogens (tertiary/aromatic N) is 4. The van der Waals surface area contributed by atoms with Crippen molar-refractivity contribution in [3.8, 4) is 5.88 Å². The number of carbonyl (C=O) groups excluding carboxylic acids is 1. The summed E-state index contributed by atoms with van der Waals surface area (Å²) < 4.78 is 5.02. The van der Waals surface area contributed by atoms with Gasteiger partial charge in [0.25, 0.3) is 0 Å². The van der Waals surface area contributed by atoms with Crippen LogP contribution in [0.4, 0.5) is 5.82 Å². The summed E-state index contributed by atoms with van der Waals surface area (Å²) in [7, 11) is 5.56. The smallest absolute Gasteiger partial charge is 0.233 e. The molecule has 1 aromatic rings. The van der Waals surface area contributed by atoms with Crippen LogP contribution in [0.3, 0.4) is 0 Å². The number of likely N-dealkylation sites (N-methyl/N-ethyl adjacent to an activating group) is 1. The molecule has 1 atom stereocenters. The van der Waals surface area contributed by atoms with Gasteiger partial charge >= 0.3 is 0 Å². The van der Waals surface area contributed by atoms with Crippen LogP contribution in [0.25, 0.3) is 0 Å². The van der Waals surface area contributed by atoms with Crippen molar-refractivity contribution in [3.05, 3.63) is 12.1 Å². The molecule has 2 rings (SSSR count). The highest BCUT2D eigenvalue weighted by Crippen LogP contribution is 2.22. The molecule has 1 aliphatic heterocycles. The molecule has 0 radical (unpaired) electrons. The first-order valence-electron chi connectivity index (χ1n) is 7.65. The Morgan fingerprint density at radius 2 is 2.27 bits per heavy atom. The standard InChI is InChI=1S/C15H25N5O2/c1-19(2)10-8-16-15(21)12-5-4-9-20(11-12)13-6-7-14(22-3)18-17-13/h6-7,12H,4-5,8-11H2,1-3H3,(H,16,21)/t12-/m0/s1. The molecule has 0 aliphatic carbocycles. The van der Waals surface area contributed by atoms with Crippen molar-refractivity contribution in [3.63, 3.8) is 0 Å². The van der Waals surface area contributed by atoms with E-state index in [1.807, 2.05) is 20.2 Å². The van der Waals surface area contributed by atoms with E-state index in [2.05, 4.69) is 25.3 Å². The van der Waals surface area contributed by atoms with Gasteiger partial charge in [0.2, 0.25) is 11.8 Å². The molecule has 2 heterocycles. The van der Waals surface area contributed by atoms with Crippen molar-refractivity contribution in [1.82, 2.24) is 20.4 Å². The average Bonchev–Trinajstić information content (AvgIpc) is 2.54. The Labute approximate surface area is 131 Å². The van der Waals surface area contributed by atoms with Gasteiger partial charge in [-0.3, -0.25) is 4.79 Å². The third-order valence-electron chi connectivity index (χ3n) is 3.81. The van der Waals surface area contributed by atoms with Gasteiger partial charge in [-0.1, -0.05) is 0 Å². The molecule has 0 bridgehead atoms. The van der Waals surface area contributed by atoms with E-state index in [0.717, 1.165) is 31.7 Å². The Bertz CT molecular complexity index is 477. The van der Waals surface area contributed by atoms with Gasteiger partial charge < -0.3 is 19.9 Å². The van der Waals surface area contributed by atoms with Gasteiger partial charge in [0.05, 0.1) is 13.0 Å². The molecule has 0 spiro atoms. The van der Waals surface area contributed by atoms with Crippen molar-refractivity contribution in [1.29, 1.82) is 0 Å². The number of hydrogen-bond acceptors (Lipinski definition) is 6. The zero-order valence-electron chi connectivity index (χ0n) is 13.6. The second-order valence-electron chi connectivity index (χ2n) is 5.81. The van der Waals surface area contributed by atoms with Crippen molar-refractivity contribution < 1.29 is 9.53 Å². The van der Waals surface area contributed by atoms with E-state index >= 15 is 0 Å². The van der Waals surface area contributed by atoms with Crippen LogP contribution < -0.4 is 15.0 Å². The number of amides is 1. The molecule has 0 unspecified atom stereocenters. The highest BCUT2D eigenvalue weighted by molar-refractivity contribution is 5.79. The van der Waals surface area contributed by atoms with Crippen molar-refractivity contribution in [2.75, 3.05) is 52.3 Å². The van der Waals surface area contributed by atoms with E-state index in [9.17, 15) is 4.79 Å². The number of ether oxygens (including phenoxy) is 1. The first-order chi connectivity index (χ1) is 10.6. The lowest BCUT2D eigenvalue weighted by Crippen LogP contribution is -2.44. The van der Waals surface area contributed by atoms with Crippen LogP contribution in [0, 0.1) is 5.92 Å². The largest absolute Gasteiger partial charge is 0.480 e. The predicted octanol–water partition coefficient (Wildman–Crippen LogP) is 0.379. The van der Waals surface area contributed by atoms with Gasteiger partial charge in [-0.15, -0.1) is 10.2 Å². The van der Waals surface area contributed by atoms with Crippen LogP contribution in [0.15, 0.2) is 12.1 Å². The van der Waals surface area contributed by atoms with E-state index in [1.165, 1.54) is 0 Å².